The molecule has 1 amide bonds. The summed E-state index contributed by atoms with van der Waals surface area (Å²) in [4.78, 5) is 20.3. The molecule has 1 saturated heterocycles. The summed E-state index contributed by atoms with van der Waals surface area (Å²) in [5, 5.41) is 3.84. The van der Waals surface area contributed by atoms with Crippen molar-refractivity contribution in [1.82, 2.24) is 4.98 Å². The lowest BCUT2D eigenvalue weighted by Crippen LogP contribution is -2.26. The van der Waals surface area contributed by atoms with Crippen molar-refractivity contribution in [3.05, 3.63) is 33.4 Å². The lowest BCUT2D eigenvalue weighted by atomic mass is 10.1. The Labute approximate surface area is 109 Å². The summed E-state index contributed by atoms with van der Waals surface area (Å²) >= 11 is 6.04. The molecule has 0 spiro atoms. The first-order chi connectivity index (χ1) is 8.63. The quantitative estimate of drug-likeness (QED) is 0.364. The summed E-state index contributed by atoms with van der Waals surface area (Å²) in [5.41, 5.74) is 9.86. The second-order valence-corrected chi connectivity index (χ2v) is 4.61. The monoisotopic (exact) mass is 265 g/mol. The fraction of sp³-hybridized carbons (Fsp3) is 0.455. The van der Waals surface area contributed by atoms with Crippen molar-refractivity contribution >= 4 is 23.2 Å². The molecule has 1 aromatic heterocycles. The largest absolute Gasteiger partial charge is 0.309 e. The number of carbonyl (C=O) groups excluding carboxylic acids is 1. The highest BCUT2D eigenvalue weighted by Crippen LogP contribution is 2.32. The maximum atomic E-state index is 12.0. The second kappa shape index (κ2) is 5.25. The summed E-state index contributed by atoms with van der Waals surface area (Å²) in [5.74, 6) is 0.0372. The van der Waals surface area contributed by atoms with Crippen molar-refractivity contribution in [2.75, 3.05) is 18.0 Å². The van der Waals surface area contributed by atoms with Crippen molar-refractivity contribution in [1.29, 1.82) is 0 Å². The van der Waals surface area contributed by atoms with Gasteiger partial charge < -0.3 is 4.90 Å². The van der Waals surface area contributed by atoms with Crippen molar-refractivity contribution in [3.63, 3.8) is 0 Å². The number of azide groups is 1. The highest BCUT2D eigenvalue weighted by atomic mass is 35.5. The number of amides is 1. The van der Waals surface area contributed by atoms with E-state index in [0.29, 0.717) is 30.4 Å². The predicted octanol–water partition coefficient (Wildman–Crippen LogP) is 2.71. The molecule has 0 aliphatic carbocycles. The molecule has 94 valence electrons. The van der Waals surface area contributed by atoms with Crippen LogP contribution in [0.4, 0.5) is 5.69 Å². The molecule has 1 fully saturated rings. The van der Waals surface area contributed by atoms with Crippen LogP contribution in [0.15, 0.2) is 17.4 Å². The standard InChI is InChI=1S/C11H12ClN5O/c1-7-2-3-14-11(12)10(7)17-6-8(4-9(17)18)5-15-16-13/h2-3,8H,4-6H2,1H3. The molecule has 0 saturated carbocycles. The zero-order chi connectivity index (χ0) is 13.1. The van der Waals surface area contributed by atoms with Crippen molar-refractivity contribution in [2.45, 2.75) is 13.3 Å². The van der Waals surface area contributed by atoms with Crippen molar-refractivity contribution < 1.29 is 4.79 Å². The minimum atomic E-state index is -0.00820. The van der Waals surface area contributed by atoms with Gasteiger partial charge in [0.05, 0.1) is 5.69 Å². The van der Waals surface area contributed by atoms with E-state index in [9.17, 15) is 4.79 Å². The van der Waals surface area contributed by atoms with E-state index in [0.717, 1.165) is 5.56 Å². The average molecular weight is 266 g/mol. The summed E-state index contributed by atoms with van der Waals surface area (Å²) in [7, 11) is 0. The SMILES string of the molecule is Cc1ccnc(Cl)c1N1CC(CN=[N+]=[N-])CC1=O. The Balaban J connectivity index is 2.24. The predicted molar refractivity (Wildman–Crippen MR) is 68.5 cm³/mol. The zero-order valence-electron chi connectivity index (χ0n) is 9.88. The van der Waals surface area contributed by atoms with Crippen LogP contribution in [0, 0.1) is 12.8 Å². The molecule has 0 N–H and O–H groups in total. The third-order valence-electron chi connectivity index (χ3n) is 2.96. The molecule has 1 unspecified atom stereocenters. The number of rotatable bonds is 3. The van der Waals surface area contributed by atoms with Gasteiger partial charge in [0.1, 0.15) is 0 Å². The minimum Gasteiger partial charge on any atom is -0.309 e. The molecule has 2 rings (SSSR count). The Kier molecular flexibility index (Phi) is 3.69. The molecule has 18 heavy (non-hydrogen) atoms. The second-order valence-electron chi connectivity index (χ2n) is 4.26. The van der Waals surface area contributed by atoms with Gasteiger partial charge >= 0.3 is 0 Å². The molecule has 1 aliphatic rings. The summed E-state index contributed by atoms with van der Waals surface area (Å²) < 4.78 is 0. The molecule has 0 radical (unpaired) electrons. The van der Waals surface area contributed by atoms with E-state index in [-0.39, 0.29) is 11.8 Å². The maximum Gasteiger partial charge on any atom is 0.227 e. The number of aromatic nitrogens is 1. The topological polar surface area (TPSA) is 82.0 Å². The average Bonchev–Trinajstić information content (AvgIpc) is 2.68. The van der Waals surface area contributed by atoms with Crippen LogP contribution >= 0.6 is 11.6 Å². The summed E-state index contributed by atoms with van der Waals surface area (Å²) in [6.45, 7) is 2.73. The Morgan fingerprint density at radius 2 is 2.50 bits per heavy atom. The molecule has 2 heterocycles. The van der Waals surface area contributed by atoms with Crippen molar-refractivity contribution in [2.24, 2.45) is 11.0 Å². The number of hydrogen-bond acceptors (Lipinski definition) is 3. The van der Waals surface area contributed by atoms with Gasteiger partial charge in [-0.15, -0.1) is 0 Å². The van der Waals surface area contributed by atoms with Gasteiger partial charge in [-0.05, 0) is 30.0 Å². The summed E-state index contributed by atoms with van der Waals surface area (Å²) in [6, 6.07) is 1.81. The number of carbonyl (C=O) groups is 1. The molecule has 1 aliphatic heterocycles. The summed E-state index contributed by atoms with van der Waals surface area (Å²) in [6.07, 6.45) is 1.99. The van der Waals surface area contributed by atoms with Gasteiger partial charge in [0.25, 0.3) is 0 Å². The smallest absolute Gasteiger partial charge is 0.227 e. The van der Waals surface area contributed by atoms with E-state index in [1.54, 1.807) is 11.1 Å². The van der Waals surface area contributed by atoms with Gasteiger partial charge in [-0.25, -0.2) is 4.98 Å². The van der Waals surface area contributed by atoms with Crippen LogP contribution in [0.25, 0.3) is 10.4 Å². The molecule has 1 aromatic rings. The Bertz CT molecular complexity index is 506. The van der Waals surface area contributed by atoms with Gasteiger partial charge in [0.15, 0.2) is 5.15 Å². The number of halogens is 1. The molecule has 6 nitrogen and oxygen atoms in total. The van der Waals surface area contributed by atoms with E-state index < -0.39 is 0 Å². The Hall–Kier alpha value is -1.78. The van der Waals surface area contributed by atoms with Gasteiger partial charge in [0, 0.05) is 30.6 Å². The van der Waals surface area contributed by atoms with E-state index in [2.05, 4.69) is 15.0 Å². The van der Waals surface area contributed by atoms with Crippen molar-refractivity contribution in [3.8, 4) is 0 Å². The molecular weight excluding hydrogens is 254 g/mol. The van der Waals surface area contributed by atoms with Gasteiger partial charge in [-0.1, -0.05) is 16.7 Å². The molecule has 0 bridgehead atoms. The highest BCUT2D eigenvalue weighted by Gasteiger charge is 2.32. The van der Waals surface area contributed by atoms with Crippen LogP contribution in [-0.4, -0.2) is 24.0 Å². The highest BCUT2D eigenvalue weighted by molar-refractivity contribution is 6.32. The minimum absolute atomic E-state index is 0.00820. The Morgan fingerprint density at radius 3 is 3.17 bits per heavy atom. The number of hydrogen-bond donors (Lipinski definition) is 0. The van der Waals surface area contributed by atoms with E-state index in [1.807, 2.05) is 13.0 Å². The Morgan fingerprint density at radius 1 is 1.72 bits per heavy atom. The molecule has 7 heteroatoms. The number of aryl methyl sites for hydroxylation is 1. The number of nitrogens with zero attached hydrogens (tertiary/aromatic N) is 5. The van der Waals surface area contributed by atoms with Crippen LogP contribution in [0.2, 0.25) is 5.15 Å². The van der Waals surface area contributed by atoms with E-state index >= 15 is 0 Å². The van der Waals surface area contributed by atoms with Crippen LogP contribution in [-0.2, 0) is 4.79 Å². The lowest BCUT2D eigenvalue weighted by molar-refractivity contribution is -0.117. The zero-order valence-corrected chi connectivity index (χ0v) is 10.6. The molecular formula is C11H12ClN5O. The third kappa shape index (κ3) is 2.39. The first-order valence-electron chi connectivity index (χ1n) is 5.55. The molecule has 1 atom stereocenters. The van der Waals surface area contributed by atoms with Gasteiger partial charge in [-0.3, -0.25) is 4.79 Å². The first kappa shape index (κ1) is 12.7. The fourth-order valence-electron chi connectivity index (χ4n) is 2.11. The van der Waals surface area contributed by atoms with Crippen LogP contribution in [0.1, 0.15) is 12.0 Å². The third-order valence-corrected chi connectivity index (χ3v) is 3.24. The van der Waals surface area contributed by atoms with Crippen LogP contribution < -0.4 is 4.90 Å². The van der Waals surface area contributed by atoms with Gasteiger partial charge in [-0.2, -0.15) is 0 Å². The van der Waals surface area contributed by atoms with Gasteiger partial charge in [0.2, 0.25) is 5.91 Å². The fourth-order valence-corrected chi connectivity index (χ4v) is 2.42. The normalized spacial score (nSPS) is 18.9. The van der Waals surface area contributed by atoms with Crippen LogP contribution in [0.5, 0.6) is 0 Å². The molecule has 0 aromatic carbocycles. The van der Waals surface area contributed by atoms with E-state index in [1.165, 1.54) is 0 Å². The van der Waals surface area contributed by atoms with E-state index in [4.69, 9.17) is 17.1 Å². The maximum absolute atomic E-state index is 12.0. The van der Waals surface area contributed by atoms with Crippen LogP contribution in [0.3, 0.4) is 0 Å². The number of pyridine rings is 1. The lowest BCUT2D eigenvalue weighted by Gasteiger charge is -2.19. The first-order valence-corrected chi connectivity index (χ1v) is 5.93. The number of anilines is 1.